The Morgan fingerprint density at radius 1 is 1.05 bits per heavy atom. The quantitative estimate of drug-likeness (QED) is 0.308. The SMILES string of the molecule is Cn1nc(C2CCC(=O)NC2=O)c2ccc(C3CCN(CCNS(=O)N4CCC(Nc5ncc(Cl)cn5)CC4)CC3)cc21. The molecule has 3 saturated heterocycles. The molecular weight excluding hydrogens is 590 g/mol. The van der Waals surface area contributed by atoms with Crippen molar-refractivity contribution in [2.24, 2.45) is 7.05 Å². The third-order valence-electron chi connectivity index (χ3n) is 8.83. The average molecular weight is 628 g/mol. The van der Waals surface area contributed by atoms with Gasteiger partial charge < -0.3 is 10.2 Å². The van der Waals surface area contributed by atoms with Gasteiger partial charge in [-0.25, -0.2) is 23.2 Å². The maximum absolute atomic E-state index is 12.9. The molecule has 43 heavy (non-hydrogen) atoms. The minimum Gasteiger partial charge on any atom is -0.351 e. The maximum Gasteiger partial charge on any atom is 0.235 e. The zero-order valence-electron chi connectivity index (χ0n) is 24.3. The van der Waals surface area contributed by atoms with Crippen LogP contribution in [0.15, 0.2) is 30.6 Å². The third kappa shape index (κ3) is 7.07. The number of fused-ring (bicyclic) bond motifs is 1. The van der Waals surface area contributed by atoms with Crippen molar-refractivity contribution in [3.8, 4) is 0 Å². The molecule has 0 saturated carbocycles. The van der Waals surface area contributed by atoms with Crippen molar-refractivity contribution < 1.29 is 13.8 Å². The van der Waals surface area contributed by atoms with Gasteiger partial charge in [0.1, 0.15) is 0 Å². The summed E-state index contributed by atoms with van der Waals surface area (Å²) in [4.78, 5) is 34.9. The van der Waals surface area contributed by atoms with Gasteiger partial charge in [0.05, 0.1) is 34.5 Å². The standard InChI is InChI=1S/C29H38ClN9O3S/c1-37-25-16-20(2-3-23(25)27(36-37)24-4-5-26(40)35-28(24)41)19-6-11-38(12-7-19)15-10-33-43(42)39-13-8-22(9-14-39)34-29-31-17-21(30)18-32-29/h2-3,16-19,22,24,33H,4-15H2,1H3,(H,31,32,34)(H,35,40,41). The third-order valence-corrected chi connectivity index (χ3v) is 10.3. The number of aromatic nitrogens is 4. The Morgan fingerprint density at radius 3 is 2.51 bits per heavy atom. The van der Waals surface area contributed by atoms with Gasteiger partial charge in [0.25, 0.3) is 0 Å². The first-order valence-electron chi connectivity index (χ1n) is 15.0. The van der Waals surface area contributed by atoms with E-state index in [0.29, 0.717) is 36.3 Å². The molecule has 2 unspecified atom stereocenters. The van der Waals surface area contributed by atoms with Crippen LogP contribution >= 0.6 is 11.6 Å². The summed E-state index contributed by atoms with van der Waals surface area (Å²) in [5, 5.41) is 12.0. The molecule has 0 spiro atoms. The summed E-state index contributed by atoms with van der Waals surface area (Å²) in [5.74, 6) is 0.174. The van der Waals surface area contributed by atoms with Gasteiger partial charge in [0.15, 0.2) is 11.2 Å². The molecule has 14 heteroatoms. The van der Waals surface area contributed by atoms with Crippen molar-refractivity contribution in [1.29, 1.82) is 0 Å². The highest BCUT2D eigenvalue weighted by atomic mass is 35.5. The van der Waals surface area contributed by atoms with Crippen molar-refractivity contribution in [2.45, 2.75) is 56.4 Å². The topological polar surface area (TPSA) is 137 Å². The molecule has 6 rings (SSSR count). The number of carbonyl (C=O) groups is 2. The first kappa shape index (κ1) is 30.1. The number of anilines is 1. The second-order valence-corrected chi connectivity index (χ2v) is 13.4. The van der Waals surface area contributed by atoms with Crippen LogP contribution in [0.3, 0.4) is 0 Å². The summed E-state index contributed by atoms with van der Waals surface area (Å²) in [7, 11) is 1.91. The van der Waals surface area contributed by atoms with Gasteiger partial charge in [-0.15, -0.1) is 0 Å². The lowest BCUT2D eigenvalue weighted by Gasteiger charge is -2.33. The average Bonchev–Trinajstić information content (AvgIpc) is 3.34. The van der Waals surface area contributed by atoms with Crippen LogP contribution in [0.2, 0.25) is 5.02 Å². The zero-order chi connectivity index (χ0) is 29.9. The van der Waals surface area contributed by atoms with Gasteiger partial charge in [-0.2, -0.15) is 5.10 Å². The van der Waals surface area contributed by atoms with Crippen LogP contribution in [-0.4, -0.2) is 90.3 Å². The number of amides is 2. The lowest BCUT2D eigenvalue weighted by atomic mass is 9.88. The summed E-state index contributed by atoms with van der Waals surface area (Å²) in [6.07, 6.45) is 7.86. The summed E-state index contributed by atoms with van der Waals surface area (Å²) < 4.78 is 19.9. The number of hydrogen-bond donors (Lipinski definition) is 3. The minimum atomic E-state index is -1.20. The van der Waals surface area contributed by atoms with E-state index >= 15 is 0 Å². The summed E-state index contributed by atoms with van der Waals surface area (Å²) >= 11 is 4.66. The van der Waals surface area contributed by atoms with E-state index in [9.17, 15) is 13.8 Å². The van der Waals surface area contributed by atoms with Crippen molar-refractivity contribution >= 4 is 51.4 Å². The van der Waals surface area contributed by atoms with E-state index in [0.717, 1.165) is 75.0 Å². The molecule has 3 aliphatic rings. The van der Waals surface area contributed by atoms with Crippen molar-refractivity contribution in [3.05, 3.63) is 46.9 Å². The molecule has 5 heterocycles. The number of piperidine rings is 3. The summed E-state index contributed by atoms with van der Waals surface area (Å²) in [6, 6.07) is 6.73. The van der Waals surface area contributed by atoms with Crippen LogP contribution in [0.25, 0.3) is 10.9 Å². The van der Waals surface area contributed by atoms with Gasteiger partial charge in [-0.3, -0.25) is 19.6 Å². The fourth-order valence-corrected chi connectivity index (χ4v) is 7.46. The number of aryl methyl sites for hydroxylation is 1. The highest BCUT2D eigenvalue weighted by Crippen LogP contribution is 2.34. The monoisotopic (exact) mass is 627 g/mol. The summed E-state index contributed by atoms with van der Waals surface area (Å²) in [5.41, 5.74) is 3.07. The lowest BCUT2D eigenvalue weighted by Crippen LogP contribution is -2.45. The fourth-order valence-electron chi connectivity index (χ4n) is 6.38. The fraction of sp³-hybridized carbons (Fsp3) is 0.552. The number of hydrogen-bond acceptors (Lipinski definition) is 8. The number of rotatable bonds is 9. The van der Waals surface area contributed by atoms with Gasteiger partial charge in [-0.1, -0.05) is 23.7 Å². The number of imide groups is 1. The van der Waals surface area contributed by atoms with Crippen molar-refractivity contribution in [3.63, 3.8) is 0 Å². The number of likely N-dealkylation sites (tertiary alicyclic amines) is 1. The molecule has 0 aliphatic carbocycles. The molecule has 3 aliphatic heterocycles. The maximum atomic E-state index is 12.9. The largest absolute Gasteiger partial charge is 0.351 e. The predicted octanol–water partition coefficient (Wildman–Crippen LogP) is 2.46. The van der Waals surface area contributed by atoms with Gasteiger partial charge in [0.2, 0.25) is 17.8 Å². The van der Waals surface area contributed by atoms with Crippen LogP contribution in [0.4, 0.5) is 5.95 Å². The molecule has 2 amide bonds. The molecule has 0 bridgehead atoms. The van der Waals surface area contributed by atoms with Gasteiger partial charge in [0, 0.05) is 51.1 Å². The summed E-state index contributed by atoms with van der Waals surface area (Å²) in [6.45, 7) is 5.01. The Hall–Kier alpha value is -2.97. The van der Waals surface area contributed by atoms with E-state index in [2.05, 4.69) is 53.5 Å². The molecule has 2 atom stereocenters. The molecule has 3 fully saturated rings. The molecule has 0 radical (unpaired) electrons. The molecule has 230 valence electrons. The smallest absolute Gasteiger partial charge is 0.235 e. The van der Waals surface area contributed by atoms with E-state index < -0.39 is 17.1 Å². The number of halogens is 1. The molecule has 3 N–H and O–H groups in total. The van der Waals surface area contributed by atoms with Crippen molar-refractivity contribution in [2.75, 3.05) is 44.6 Å². The Balaban J connectivity index is 0.937. The Morgan fingerprint density at radius 2 is 1.79 bits per heavy atom. The predicted molar refractivity (Wildman–Crippen MR) is 166 cm³/mol. The van der Waals surface area contributed by atoms with E-state index in [1.807, 2.05) is 16.0 Å². The van der Waals surface area contributed by atoms with Crippen LogP contribution < -0.4 is 15.4 Å². The van der Waals surface area contributed by atoms with Crippen LogP contribution in [0.1, 0.15) is 61.6 Å². The zero-order valence-corrected chi connectivity index (χ0v) is 25.9. The first-order chi connectivity index (χ1) is 20.8. The van der Waals surface area contributed by atoms with Crippen LogP contribution in [-0.2, 0) is 27.8 Å². The Kier molecular flexibility index (Phi) is 9.34. The van der Waals surface area contributed by atoms with Gasteiger partial charge in [-0.05, 0) is 62.7 Å². The molecule has 1 aromatic carbocycles. The molecule has 3 aromatic rings. The van der Waals surface area contributed by atoms with E-state index in [4.69, 9.17) is 11.6 Å². The Labute approximate surface area is 258 Å². The van der Waals surface area contributed by atoms with Crippen molar-refractivity contribution in [1.82, 2.24) is 39.0 Å². The number of carbonyl (C=O) groups excluding carboxylic acids is 2. The van der Waals surface area contributed by atoms with Crippen LogP contribution in [0, 0.1) is 0 Å². The number of nitrogens with one attached hydrogen (secondary N) is 3. The first-order valence-corrected chi connectivity index (χ1v) is 16.5. The second-order valence-electron chi connectivity index (χ2n) is 11.6. The highest BCUT2D eigenvalue weighted by Gasteiger charge is 2.32. The number of benzene rings is 1. The second kappa shape index (κ2) is 13.3. The van der Waals surface area contributed by atoms with E-state index in [-0.39, 0.29) is 17.9 Å². The minimum absolute atomic E-state index is 0.213. The van der Waals surface area contributed by atoms with E-state index in [1.54, 1.807) is 12.4 Å². The number of nitrogens with zero attached hydrogens (tertiary/aromatic N) is 6. The molecule has 2 aromatic heterocycles. The lowest BCUT2D eigenvalue weighted by molar-refractivity contribution is -0.134. The Bertz CT molecular complexity index is 1480. The molecule has 12 nitrogen and oxygen atoms in total. The normalized spacial score (nSPS) is 22.1. The van der Waals surface area contributed by atoms with E-state index in [1.165, 1.54) is 5.56 Å². The van der Waals surface area contributed by atoms with Crippen LogP contribution in [0.5, 0.6) is 0 Å². The highest BCUT2D eigenvalue weighted by molar-refractivity contribution is 7.80. The molecular formula is C29H38ClN9O3S. The van der Waals surface area contributed by atoms with Gasteiger partial charge >= 0.3 is 0 Å².